The highest BCUT2D eigenvalue weighted by molar-refractivity contribution is 7.97. The first-order chi connectivity index (χ1) is 17.0. The quantitative estimate of drug-likeness (QED) is 0.412. The van der Waals surface area contributed by atoms with Crippen LogP contribution in [0, 0.1) is 0 Å². The third kappa shape index (κ3) is 9.29. The second kappa shape index (κ2) is 15.3. The molecular weight excluding hydrogens is 460 g/mol. The van der Waals surface area contributed by atoms with Crippen LogP contribution in [0.5, 0.6) is 0 Å². The van der Waals surface area contributed by atoms with E-state index >= 15 is 0 Å². The maximum Gasteiger partial charge on any atom is 0.325 e. The fraction of sp³-hybridized carbons (Fsp3) is 0.250. The lowest BCUT2D eigenvalue weighted by Gasteiger charge is -2.21. The number of methoxy groups -OCH3 is 1. The number of thioether (sulfide) groups is 1. The average Bonchev–Trinajstić information content (AvgIpc) is 2.91. The summed E-state index contributed by atoms with van der Waals surface area (Å²) >= 11 is 1.85. The topological polar surface area (TPSA) is 75.7 Å². The Bertz CT molecular complexity index is 1070. The molecule has 0 bridgehead atoms. The van der Waals surface area contributed by atoms with Crippen molar-refractivity contribution in [2.45, 2.75) is 19.1 Å². The highest BCUT2D eigenvalue weighted by Crippen LogP contribution is 2.21. The summed E-state index contributed by atoms with van der Waals surface area (Å²) in [7, 11) is 1.23. The molecule has 3 amide bonds. The number of hydrogen-bond donors (Lipinski definition) is 1. The molecule has 6 nitrogen and oxygen atoms in total. The second-order valence-electron chi connectivity index (χ2n) is 7.56. The predicted octanol–water partition coefficient (Wildman–Crippen LogP) is 5.64. The number of esters is 1. The molecule has 0 heterocycles. The average molecular weight is 493 g/mol. The van der Waals surface area contributed by atoms with Gasteiger partial charge in [-0.05, 0) is 41.5 Å². The van der Waals surface area contributed by atoms with Crippen LogP contribution in [0.15, 0.2) is 84.9 Å². The fourth-order valence-corrected chi connectivity index (χ4v) is 3.72. The van der Waals surface area contributed by atoms with Gasteiger partial charge in [0.2, 0.25) is 0 Å². The first-order valence-electron chi connectivity index (χ1n) is 11.3. The second-order valence-corrected chi connectivity index (χ2v) is 8.42. The summed E-state index contributed by atoms with van der Waals surface area (Å²) in [6.45, 7) is 1.84. The van der Waals surface area contributed by atoms with E-state index in [0.29, 0.717) is 12.0 Å². The van der Waals surface area contributed by atoms with Crippen LogP contribution in [-0.2, 0) is 15.3 Å². The molecule has 0 radical (unpaired) electrons. The van der Waals surface area contributed by atoms with Gasteiger partial charge in [0.1, 0.15) is 6.54 Å². The summed E-state index contributed by atoms with van der Waals surface area (Å²) < 4.78 is 4.49. The van der Waals surface area contributed by atoms with E-state index in [2.05, 4.69) is 40.6 Å². The van der Waals surface area contributed by atoms with Crippen molar-refractivity contribution in [3.05, 3.63) is 96.1 Å². The van der Waals surface area contributed by atoms with Crippen molar-refractivity contribution in [2.24, 2.45) is 0 Å². The lowest BCUT2D eigenvalue weighted by molar-refractivity contribution is -0.139. The van der Waals surface area contributed by atoms with Gasteiger partial charge in [-0.3, -0.25) is 14.5 Å². The summed E-state index contributed by atoms with van der Waals surface area (Å²) in [6, 6.07) is 26.7. The molecule has 0 aliphatic rings. The molecule has 3 aromatic carbocycles. The molecule has 0 spiro atoms. The lowest BCUT2D eigenvalue weighted by Crippen LogP contribution is -2.45. The number of urea groups is 1. The molecule has 0 unspecified atom stereocenters. The number of carbonyl (C=O) groups excluding carboxylic acids is 3. The molecule has 3 aromatic rings. The molecule has 0 fully saturated rings. The number of carbonyl (C=O) groups is 3. The Morgan fingerprint density at radius 1 is 0.886 bits per heavy atom. The summed E-state index contributed by atoms with van der Waals surface area (Å²) in [5, 5.41) is 2.41. The highest BCUT2D eigenvalue weighted by Gasteiger charge is 2.22. The molecular formula is C28H32N2O4S. The number of nitrogens with one attached hydrogen (secondary N) is 1. The maximum absolute atomic E-state index is 12.8. The standard InChI is InChI=1S/C20H22N2O4.C8H10S/c1-3-12-22(20(25)21-14-18(23)26-2)19(24)17-11-7-10-16(13-17)15-8-5-4-6-9-15;1-9-7-8-5-3-2-4-6-8/h4-11,13H,3,12,14H2,1-2H3,(H,21,25);2-6H,7H2,1H3. The molecule has 1 N–H and O–H groups in total. The third-order valence-corrected chi connectivity index (χ3v) is 5.54. The lowest BCUT2D eigenvalue weighted by atomic mass is 10.0. The van der Waals surface area contributed by atoms with E-state index in [1.54, 1.807) is 18.2 Å². The first kappa shape index (κ1) is 27.7. The van der Waals surface area contributed by atoms with Crippen LogP contribution < -0.4 is 5.32 Å². The van der Waals surface area contributed by atoms with Gasteiger partial charge in [0, 0.05) is 17.9 Å². The van der Waals surface area contributed by atoms with Gasteiger partial charge in [-0.2, -0.15) is 11.8 Å². The van der Waals surface area contributed by atoms with Crippen molar-refractivity contribution in [2.75, 3.05) is 26.5 Å². The van der Waals surface area contributed by atoms with Crippen LogP contribution in [0.25, 0.3) is 11.1 Å². The Hall–Kier alpha value is -3.58. The Morgan fingerprint density at radius 2 is 1.51 bits per heavy atom. The number of hydrogen-bond acceptors (Lipinski definition) is 5. The van der Waals surface area contributed by atoms with Crippen molar-refractivity contribution in [1.82, 2.24) is 10.2 Å². The maximum atomic E-state index is 12.8. The van der Waals surface area contributed by atoms with Crippen LogP contribution in [0.2, 0.25) is 0 Å². The van der Waals surface area contributed by atoms with E-state index in [1.807, 2.05) is 61.2 Å². The third-order valence-electron chi connectivity index (χ3n) is 4.92. The first-order valence-corrected chi connectivity index (χ1v) is 12.7. The van der Waals surface area contributed by atoms with Gasteiger partial charge in [0.15, 0.2) is 0 Å². The van der Waals surface area contributed by atoms with Gasteiger partial charge >= 0.3 is 12.0 Å². The number of amides is 3. The van der Waals surface area contributed by atoms with Crippen LogP contribution in [0.1, 0.15) is 29.3 Å². The van der Waals surface area contributed by atoms with E-state index in [-0.39, 0.29) is 13.1 Å². The predicted molar refractivity (Wildman–Crippen MR) is 142 cm³/mol. The summed E-state index contributed by atoms with van der Waals surface area (Å²) in [5.74, 6) is 0.140. The minimum absolute atomic E-state index is 0.251. The van der Waals surface area contributed by atoms with E-state index < -0.39 is 17.9 Å². The number of benzene rings is 3. The fourth-order valence-electron chi connectivity index (χ4n) is 3.19. The zero-order chi connectivity index (χ0) is 25.5. The molecule has 0 aromatic heterocycles. The largest absolute Gasteiger partial charge is 0.468 e. The van der Waals surface area contributed by atoms with Gasteiger partial charge in [-0.25, -0.2) is 4.79 Å². The summed E-state index contributed by atoms with van der Waals surface area (Å²) in [5.41, 5.74) is 3.69. The van der Waals surface area contributed by atoms with Crippen molar-refractivity contribution >= 4 is 29.7 Å². The Labute approximate surface area is 211 Å². The van der Waals surface area contributed by atoms with Gasteiger partial charge < -0.3 is 10.1 Å². The van der Waals surface area contributed by atoms with Gasteiger partial charge in [-0.15, -0.1) is 0 Å². The molecule has 0 saturated heterocycles. The van der Waals surface area contributed by atoms with Crippen LogP contribution in [-0.4, -0.2) is 49.3 Å². The van der Waals surface area contributed by atoms with E-state index in [1.165, 1.54) is 12.7 Å². The van der Waals surface area contributed by atoms with Crippen molar-refractivity contribution in [3.8, 4) is 11.1 Å². The zero-order valence-electron chi connectivity index (χ0n) is 20.4. The van der Waals surface area contributed by atoms with Gasteiger partial charge in [0.05, 0.1) is 7.11 Å². The molecule has 0 atom stereocenters. The minimum atomic E-state index is -0.618. The Morgan fingerprint density at radius 3 is 2.11 bits per heavy atom. The van der Waals surface area contributed by atoms with Crippen molar-refractivity contribution in [1.29, 1.82) is 0 Å². The van der Waals surface area contributed by atoms with Gasteiger partial charge in [0.25, 0.3) is 5.91 Å². The van der Waals surface area contributed by atoms with E-state index in [4.69, 9.17) is 0 Å². The normalized spacial score (nSPS) is 9.91. The molecule has 184 valence electrons. The van der Waals surface area contributed by atoms with Crippen LogP contribution >= 0.6 is 11.8 Å². The highest BCUT2D eigenvalue weighted by atomic mass is 32.2. The molecule has 0 saturated carbocycles. The molecule has 0 aliphatic heterocycles. The molecule has 35 heavy (non-hydrogen) atoms. The summed E-state index contributed by atoms with van der Waals surface area (Å²) in [4.78, 5) is 37.4. The van der Waals surface area contributed by atoms with Crippen molar-refractivity contribution in [3.63, 3.8) is 0 Å². The van der Waals surface area contributed by atoms with Crippen LogP contribution in [0.3, 0.4) is 0 Å². The molecule has 0 aliphatic carbocycles. The van der Waals surface area contributed by atoms with Crippen LogP contribution in [0.4, 0.5) is 4.79 Å². The summed E-state index contributed by atoms with van der Waals surface area (Å²) in [6.07, 6.45) is 2.72. The Kier molecular flexibility index (Phi) is 12.1. The van der Waals surface area contributed by atoms with E-state index in [9.17, 15) is 14.4 Å². The number of nitrogens with zero attached hydrogens (tertiary/aromatic N) is 1. The SMILES string of the molecule is CCCN(C(=O)NCC(=O)OC)C(=O)c1cccc(-c2ccccc2)c1.CSCc1ccccc1. The number of ether oxygens (including phenoxy) is 1. The van der Waals surface area contributed by atoms with Gasteiger partial charge in [-0.1, -0.05) is 79.7 Å². The number of imide groups is 1. The Balaban J connectivity index is 0.000000402. The van der Waals surface area contributed by atoms with Crippen molar-refractivity contribution < 1.29 is 19.1 Å². The minimum Gasteiger partial charge on any atom is -0.468 e. The smallest absolute Gasteiger partial charge is 0.325 e. The van der Waals surface area contributed by atoms with E-state index in [0.717, 1.165) is 21.8 Å². The molecule has 7 heteroatoms. The number of rotatable bonds is 8. The molecule has 3 rings (SSSR count). The zero-order valence-corrected chi connectivity index (χ0v) is 21.2. The monoisotopic (exact) mass is 492 g/mol.